The molecule has 2 aliphatic rings. The molecule has 2 amide bonds. The minimum absolute atomic E-state index is 0.123. The fourth-order valence-electron chi connectivity index (χ4n) is 3.14. The maximum Gasteiger partial charge on any atom is 0.416 e. The van der Waals surface area contributed by atoms with Gasteiger partial charge in [-0.3, -0.25) is 13.8 Å². The third-order valence-corrected chi connectivity index (χ3v) is 6.12. The maximum absolute atomic E-state index is 12.7. The summed E-state index contributed by atoms with van der Waals surface area (Å²) in [6.45, 7) is 2.86. The normalized spacial score (nSPS) is 26.4. The summed E-state index contributed by atoms with van der Waals surface area (Å²) in [6, 6.07) is 1.40. The second kappa shape index (κ2) is 7.50. The van der Waals surface area contributed by atoms with Crippen molar-refractivity contribution in [3.05, 3.63) is 42.0 Å². The number of ether oxygens (including phenoxy) is 1. The lowest BCUT2D eigenvalue weighted by Crippen LogP contribution is -2.77. The van der Waals surface area contributed by atoms with Gasteiger partial charge in [-0.05, 0) is 23.8 Å². The molecular weight excluding hydrogens is 417 g/mol. The molecule has 29 heavy (non-hydrogen) atoms. The summed E-state index contributed by atoms with van der Waals surface area (Å²) in [7, 11) is -1.65. The molecule has 2 saturated heterocycles. The topological polar surface area (TPSA) is 113 Å². The van der Waals surface area contributed by atoms with Crippen molar-refractivity contribution < 1.29 is 41.6 Å². The van der Waals surface area contributed by atoms with Gasteiger partial charge in [0.2, 0.25) is 5.91 Å². The highest BCUT2D eigenvalue weighted by atomic mass is 32.2. The number of carbonyl (C=O) groups is 3. The number of aliphatic carboxylic acids is 1. The smallest absolute Gasteiger partial charge is 0.416 e. The van der Waals surface area contributed by atoms with Crippen LogP contribution in [0, 0.1) is 0 Å². The summed E-state index contributed by atoms with van der Waals surface area (Å²) in [5, 5.41) is 10.5. The summed E-state index contributed by atoms with van der Waals surface area (Å²) in [5.74, 6) is -3.20. The third-order valence-electron chi connectivity index (χ3n) is 4.42. The minimum atomic E-state index is -4.57. The van der Waals surface area contributed by atoms with Gasteiger partial charge in [-0.2, -0.15) is 13.2 Å². The predicted molar refractivity (Wildman–Crippen MR) is 93.1 cm³/mol. The largest absolute Gasteiger partial charge is 0.484 e. The zero-order valence-electron chi connectivity index (χ0n) is 14.6. The number of β-lactam (4-membered cyclic amide) rings is 1. The number of carbonyl (C=O) groups excluding carboxylic acids is 2. The van der Waals surface area contributed by atoms with Crippen LogP contribution in [0.3, 0.4) is 0 Å². The van der Waals surface area contributed by atoms with Gasteiger partial charge in [0.05, 0.1) is 16.4 Å². The molecule has 0 bridgehead atoms. The van der Waals surface area contributed by atoms with Gasteiger partial charge in [-0.25, -0.2) is 4.79 Å². The van der Waals surface area contributed by atoms with Crippen molar-refractivity contribution in [3.8, 4) is 5.75 Å². The molecule has 8 nitrogen and oxygen atoms in total. The van der Waals surface area contributed by atoms with Crippen LogP contribution >= 0.6 is 0 Å². The Labute approximate surface area is 164 Å². The summed E-state index contributed by atoms with van der Waals surface area (Å²) in [5.41, 5.74) is -0.823. The number of halogens is 3. The van der Waals surface area contributed by atoms with Gasteiger partial charge in [-0.15, -0.1) is 0 Å². The first-order valence-electron chi connectivity index (χ1n) is 8.20. The molecule has 2 aliphatic heterocycles. The molecule has 3 rings (SSSR count). The Hall–Kier alpha value is -2.89. The van der Waals surface area contributed by atoms with Crippen LogP contribution in [0.5, 0.6) is 5.75 Å². The average molecular weight is 432 g/mol. The van der Waals surface area contributed by atoms with E-state index in [0.29, 0.717) is 0 Å². The molecule has 156 valence electrons. The first-order valence-corrected chi connectivity index (χ1v) is 9.58. The Morgan fingerprint density at radius 1 is 1.38 bits per heavy atom. The predicted octanol–water partition coefficient (Wildman–Crippen LogP) is 0.509. The van der Waals surface area contributed by atoms with Crippen LogP contribution in [-0.2, 0) is 31.4 Å². The van der Waals surface area contributed by atoms with Crippen LogP contribution in [0.25, 0.3) is 0 Å². The van der Waals surface area contributed by atoms with Crippen molar-refractivity contribution >= 4 is 28.6 Å². The molecule has 4 atom stereocenters. The summed E-state index contributed by atoms with van der Waals surface area (Å²) in [6.07, 6.45) is -4.57. The SMILES string of the molecule is C=C1CS(=O)[C@@H]2C(NC(=O)COc3cccc(C(F)(F)F)c3)C(=O)N2C1C(=O)O. The van der Waals surface area contributed by atoms with Crippen LogP contribution in [0.4, 0.5) is 13.2 Å². The van der Waals surface area contributed by atoms with Crippen LogP contribution < -0.4 is 10.1 Å². The van der Waals surface area contributed by atoms with Crippen LogP contribution in [-0.4, -0.2) is 61.8 Å². The quantitative estimate of drug-likeness (QED) is 0.518. The van der Waals surface area contributed by atoms with Crippen molar-refractivity contribution in [3.63, 3.8) is 0 Å². The standard InChI is InChI=1S/C17H15F3N2O6S/c1-8-7-29(27)15-12(14(24)22(15)13(8)16(25)26)21-11(23)6-28-10-4-2-3-9(5-10)17(18,19)20/h2-5,12-13,15H,1,6-7H2,(H,21,23)(H,25,26)/t12?,13?,15-,29?/m1/s1. The third kappa shape index (κ3) is 3.97. The lowest BCUT2D eigenvalue weighted by atomic mass is 9.98. The van der Waals surface area contributed by atoms with Crippen molar-refractivity contribution in [2.24, 2.45) is 0 Å². The Kier molecular flexibility index (Phi) is 5.39. The summed E-state index contributed by atoms with van der Waals surface area (Å²) >= 11 is 0. The fraction of sp³-hybridized carbons (Fsp3) is 0.353. The van der Waals surface area contributed by atoms with E-state index < -0.39 is 64.4 Å². The number of nitrogens with zero attached hydrogens (tertiary/aromatic N) is 1. The highest BCUT2D eigenvalue weighted by Crippen LogP contribution is 2.34. The van der Waals surface area contributed by atoms with Gasteiger partial charge in [-0.1, -0.05) is 12.6 Å². The lowest BCUT2D eigenvalue weighted by molar-refractivity contribution is -0.160. The van der Waals surface area contributed by atoms with Crippen LogP contribution in [0.2, 0.25) is 0 Å². The minimum Gasteiger partial charge on any atom is -0.484 e. The molecule has 12 heteroatoms. The van der Waals surface area contributed by atoms with E-state index in [0.717, 1.165) is 23.1 Å². The van der Waals surface area contributed by atoms with E-state index >= 15 is 0 Å². The van der Waals surface area contributed by atoms with E-state index in [2.05, 4.69) is 11.9 Å². The molecule has 2 fully saturated rings. The molecule has 1 aromatic rings. The number of fused-ring (bicyclic) bond motifs is 1. The second-order valence-electron chi connectivity index (χ2n) is 6.42. The Bertz CT molecular complexity index is 919. The van der Waals surface area contributed by atoms with Crippen molar-refractivity contribution in [1.29, 1.82) is 0 Å². The molecular formula is C17H15F3N2O6S. The summed E-state index contributed by atoms with van der Waals surface area (Å²) < 4.78 is 55.4. The van der Waals surface area contributed by atoms with E-state index in [1.165, 1.54) is 6.07 Å². The van der Waals surface area contributed by atoms with Gasteiger partial charge in [0.1, 0.15) is 17.2 Å². The molecule has 1 aromatic carbocycles. The van der Waals surface area contributed by atoms with Crippen molar-refractivity contribution in [1.82, 2.24) is 10.2 Å². The molecule has 2 heterocycles. The molecule has 2 N–H and O–H groups in total. The Balaban J connectivity index is 1.62. The van der Waals surface area contributed by atoms with Crippen LogP contribution in [0.15, 0.2) is 36.4 Å². The molecule has 0 saturated carbocycles. The van der Waals surface area contributed by atoms with E-state index in [-0.39, 0.29) is 17.1 Å². The van der Waals surface area contributed by atoms with E-state index in [9.17, 15) is 36.9 Å². The number of alkyl halides is 3. The highest BCUT2D eigenvalue weighted by Gasteiger charge is 2.59. The molecule has 0 aromatic heterocycles. The number of nitrogens with one attached hydrogen (secondary N) is 1. The number of benzene rings is 1. The number of amides is 2. The number of hydrogen-bond donors (Lipinski definition) is 2. The zero-order chi connectivity index (χ0) is 21.5. The molecule has 3 unspecified atom stereocenters. The average Bonchev–Trinajstić information content (AvgIpc) is 2.63. The number of hydrogen-bond acceptors (Lipinski definition) is 5. The first kappa shape index (κ1) is 20.8. The number of rotatable bonds is 5. The van der Waals surface area contributed by atoms with Crippen molar-refractivity contribution in [2.45, 2.75) is 23.6 Å². The highest BCUT2D eigenvalue weighted by molar-refractivity contribution is 7.86. The molecule has 0 radical (unpaired) electrons. The number of carboxylic acid groups (broad SMARTS) is 1. The van der Waals surface area contributed by atoms with Gasteiger partial charge in [0.25, 0.3) is 5.91 Å². The van der Waals surface area contributed by atoms with E-state index in [4.69, 9.17) is 4.74 Å². The lowest BCUT2D eigenvalue weighted by Gasteiger charge is -2.51. The van der Waals surface area contributed by atoms with E-state index in [1.807, 2.05) is 0 Å². The Morgan fingerprint density at radius 2 is 2.07 bits per heavy atom. The molecule has 0 spiro atoms. The zero-order valence-corrected chi connectivity index (χ0v) is 15.5. The number of carboxylic acids is 1. The van der Waals surface area contributed by atoms with Gasteiger partial charge in [0.15, 0.2) is 12.6 Å². The van der Waals surface area contributed by atoms with Gasteiger partial charge >= 0.3 is 12.1 Å². The first-order chi connectivity index (χ1) is 13.5. The molecule has 0 aliphatic carbocycles. The van der Waals surface area contributed by atoms with Gasteiger partial charge in [0, 0.05) is 5.75 Å². The van der Waals surface area contributed by atoms with Gasteiger partial charge < -0.3 is 20.1 Å². The monoisotopic (exact) mass is 432 g/mol. The van der Waals surface area contributed by atoms with Crippen molar-refractivity contribution in [2.75, 3.05) is 12.4 Å². The maximum atomic E-state index is 12.7. The van der Waals surface area contributed by atoms with E-state index in [1.54, 1.807) is 0 Å². The second-order valence-corrected chi connectivity index (χ2v) is 7.95. The summed E-state index contributed by atoms with van der Waals surface area (Å²) in [4.78, 5) is 36.6. The van der Waals surface area contributed by atoms with Crippen LogP contribution in [0.1, 0.15) is 5.56 Å². The fourth-order valence-corrected chi connectivity index (χ4v) is 4.80. The Morgan fingerprint density at radius 3 is 2.69 bits per heavy atom.